The van der Waals surface area contributed by atoms with Crippen molar-refractivity contribution in [3.8, 4) is 0 Å². The second-order valence-electron chi connectivity index (χ2n) is 5.21. The van der Waals surface area contributed by atoms with Gasteiger partial charge in [0.25, 0.3) is 0 Å². The summed E-state index contributed by atoms with van der Waals surface area (Å²) in [5.74, 6) is 0.921. The molecule has 2 N–H and O–H groups in total. The lowest BCUT2D eigenvalue weighted by atomic mass is 10.2. The Hall–Kier alpha value is -0.0800. The summed E-state index contributed by atoms with van der Waals surface area (Å²) in [6.45, 7) is 10.3. The van der Waals surface area contributed by atoms with Crippen molar-refractivity contribution in [1.29, 1.82) is 0 Å². The molecule has 0 aromatic carbocycles. The summed E-state index contributed by atoms with van der Waals surface area (Å²) < 4.78 is 5.33. The van der Waals surface area contributed by atoms with Crippen molar-refractivity contribution in [3.05, 3.63) is 0 Å². The van der Waals surface area contributed by atoms with Crippen LogP contribution in [0.5, 0.6) is 0 Å². The van der Waals surface area contributed by atoms with E-state index in [9.17, 15) is 0 Å². The second-order valence-corrected chi connectivity index (χ2v) is 5.21. The fourth-order valence-electron chi connectivity index (χ4n) is 2.66. The molecule has 1 heterocycles. The molecule has 5 nitrogen and oxygen atoms in total. The van der Waals surface area contributed by atoms with Crippen LogP contribution in [0.25, 0.3) is 0 Å². The first-order valence-electron chi connectivity index (χ1n) is 8.08. The highest BCUT2D eigenvalue weighted by molar-refractivity contribution is 14.0. The number of hydrogen-bond acceptors (Lipinski definition) is 3. The van der Waals surface area contributed by atoms with E-state index in [4.69, 9.17) is 4.74 Å². The minimum absolute atomic E-state index is 0. The van der Waals surface area contributed by atoms with Crippen molar-refractivity contribution >= 4 is 29.9 Å². The third kappa shape index (κ3) is 8.83. The standard InChI is InChI=1S/C15H32N4O.HI/c1-4-19-11-8-9-14(19)13-18-15(16-3)17-10-6-7-12-20-5-2;/h14H,4-13H2,1-3H3,(H2,16,17,18);1H. The Balaban J connectivity index is 0.00000400. The third-order valence-corrected chi connectivity index (χ3v) is 3.85. The number of rotatable bonds is 9. The summed E-state index contributed by atoms with van der Waals surface area (Å²) in [7, 11) is 1.84. The van der Waals surface area contributed by atoms with E-state index in [2.05, 4.69) is 27.4 Å². The first-order chi connectivity index (χ1) is 9.81. The van der Waals surface area contributed by atoms with Crippen LogP contribution in [0, 0.1) is 0 Å². The lowest BCUT2D eigenvalue weighted by Gasteiger charge is -2.23. The van der Waals surface area contributed by atoms with Crippen molar-refractivity contribution in [2.45, 2.75) is 45.6 Å². The molecule has 0 bridgehead atoms. The lowest BCUT2D eigenvalue weighted by Crippen LogP contribution is -2.45. The molecule has 0 amide bonds. The van der Waals surface area contributed by atoms with Crippen molar-refractivity contribution in [3.63, 3.8) is 0 Å². The van der Waals surface area contributed by atoms with Crippen LogP contribution in [0.2, 0.25) is 0 Å². The van der Waals surface area contributed by atoms with Gasteiger partial charge in [0.15, 0.2) is 5.96 Å². The van der Waals surface area contributed by atoms with Crippen molar-refractivity contribution in [2.75, 3.05) is 46.4 Å². The monoisotopic (exact) mass is 412 g/mol. The van der Waals surface area contributed by atoms with Crippen molar-refractivity contribution in [2.24, 2.45) is 4.99 Å². The molecule has 0 spiro atoms. The molecule has 0 radical (unpaired) electrons. The van der Waals surface area contributed by atoms with E-state index >= 15 is 0 Å². The topological polar surface area (TPSA) is 48.9 Å². The summed E-state index contributed by atoms with van der Waals surface area (Å²) in [6, 6.07) is 0.663. The van der Waals surface area contributed by atoms with E-state index in [0.717, 1.165) is 51.6 Å². The number of unbranched alkanes of at least 4 members (excludes halogenated alkanes) is 1. The molecule has 1 saturated heterocycles. The summed E-state index contributed by atoms with van der Waals surface area (Å²) in [4.78, 5) is 6.82. The number of hydrogen-bond donors (Lipinski definition) is 2. The highest BCUT2D eigenvalue weighted by Gasteiger charge is 2.22. The maximum atomic E-state index is 5.33. The average Bonchev–Trinajstić information content (AvgIpc) is 2.93. The fourth-order valence-corrected chi connectivity index (χ4v) is 2.66. The van der Waals surface area contributed by atoms with Gasteiger partial charge < -0.3 is 15.4 Å². The molecule has 1 unspecified atom stereocenters. The molecule has 0 aromatic rings. The van der Waals surface area contributed by atoms with Crippen LogP contribution in [0.1, 0.15) is 39.5 Å². The number of likely N-dealkylation sites (N-methyl/N-ethyl adjacent to an activating group) is 1. The Morgan fingerprint density at radius 1 is 1.29 bits per heavy atom. The van der Waals surface area contributed by atoms with Gasteiger partial charge in [-0.3, -0.25) is 9.89 Å². The predicted molar refractivity (Wildman–Crippen MR) is 101 cm³/mol. The number of guanidine groups is 1. The van der Waals surface area contributed by atoms with E-state index in [1.165, 1.54) is 19.4 Å². The molecule has 1 rings (SSSR count). The normalized spacial score (nSPS) is 19.4. The minimum Gasteiger partial charge on any atom is -0.382 e. The molecule has 0 aromatic heterocycles. The van der Waals surface area contributed by atoms with Gasteiger partial charge in [0, 0.05) is 39.4 Å². The van der Waals surface area contributed by atoms with Crippen LogP contribution in [0.3, 0.4) is 0 Å². The summed E-state index contributed by atoms with van der Waals surface area (Å²) >= 11 is 0. The fraction of sp³-hybridized carbons (Fsp3) is 0.933. The number of aliphatic imine (C=N–C) groups is 1. The minimum atomic E-state index is 0. The molecule has 1 aliphatic heterocycles. The number of nitrogens with zero attached hydrogens (tertiary/aromatic N) is 2. The predicted octanol–water partition coefficient (Wildman–Crippen LogP) is 2.07. The van der Waals surface area contributed by atoms with E-state index in [1.807, 2.05) is 14.0 Å². The Morgan fingerprint density at radius 2 is 2.10 bits per heavy atom. The molecular formula is C15H33IN4O. The van der Waals surface area contributed by atoms with Gasteiger partial charge in [0.1, 0.15) is 0 Å². The molecule has 6 heteroatoms. The zero-order valence-corrected chi connectivity index (χ0v) is 16.2. The quantitative estimate of drug-likeness (QED) is 0.264. The summed E-state index contributed by atoms with van der Waals surface area (Å²) in [6.07, 6.45) is 4.84. The zero-order valence-electron chi connectivity index (χ0n) is 13.9. The zero-order chi connectivity index (χ0) is 14.6. The Labute approximate surface area is 147 Å². The first-order valence-corrected chi connectivity index (χ1v) is 8.08. The van der Waals surface area contributed by atoms with E-state index in [0.29, 0.717) is 6.04 Å². The second kappa shape index (κ2) is 13.6. The molecular weight excluding hydrogens is 379 g/mol. The summed E-state index contributed by atoms with van der Waals surface area (Å²) in [5, 5.41) is 6.81. The van der Waals surface area contributed by atoms with Crippen molar-refractivity contribution < 1.29 is 4.74 Å². The van der Waals surface area contributed by atoms with Gasteiger partial charge >= 0.3 is 0 Å². The Bertz CT molecular complexity index is 276. The third-order valence-electron chi connectivity index (χ3n) is 3.85. The van der Waals surface area contributed by atoms with Crippen LogP contribution >= 0.6 is 24.0 Å². The highest BCUT2D eigenvalue weighted by atomic mass is 127. The van der Waals surface area contributed by atoms with E-state index in [-0.39, 0.29) is 24.0 Å². The van der Waals surface area contributed by atoms with Crippen LogP contribution in [-0.4, -0.2) is 63.3 Å². The number of ether oxygens (including phenoxy) is 1. The van der Waals surface area contributed by atoms with Gasteiger partial charge in [0.2, 0.25) is 0 Å². The average molecular weight is 412 g/mol. The molecule has 0 saturated carbocycles. The first kappa shape index (κ1) is 20.9. The van der Waals surface area contributed by atoms with E-state index in [1.54, 1.807) is 0 Å². The van der Waals surface area contributed by atoms with Crippen LogP contribution in [0.4, 0.5) is 0 Å². The molecule has 1 fully saturated rings. The molecule has 1 aliphatic rings. The largest absolute Gasteiger partial charge is 0.382 e. The van der Waals surface area contributed by atoms with Crippen LogP contribution in [0.15, 0.2) is 4.99 Å². The highest BCUT2D eigenvalue weighted by Crippen LogP contribution is 2.15. The Kier molecular flexibility index (Phi) is 13.5. The Morgan fingerprint density at radius 3 is 2.76 bits per heavy atom. The number of nitrogens with one attached hydrogen (secondary N) is 2. The lowest BCUT2D eigenvalue weighted by molar-refractivity contribution is 0.143. The van der Waals surface area contributed by atoms with Gasteiger partial charge in [-0.1, -0.05) is 6.92 Å². The van der Waals surface area contributed by atoms with Crippen LogP contribution in [-0.2, 0) is 4.74 Å². The van der Waals surface area contributed by atoms with Gasteiger partial charge in [0.05, 0.1) is 0 Å². The van der Waals surface area contributed by atoms with Crippen LogP contribution < -0.4 is 10.6 Å². The maximum absolute atomic E-state index is 5.33. The smallest absolute Gasteiger partial charge is 0.191 e. The van der Waals surface area contributed by atoms with Gasteiger partial charge in [-0.25, -0.2) is 0 Å². The number of likely N-dealkylation sites (tertiary alicyclic amines) is 1. The molecule has 126 valence electrons. The molecule has 1 atom stereocenters. The summed E-state index contributed by atoms with van der Waals surface area (Å²) in [5.41, 5.74) is 0. The van der Waals surface area contributed by atoms with Gasteiger partial charge in [-0.2, -0.15) is 0 Å². The van der Waals surface area contributed by atoms with Gasteiger partial charge in [-0.05, 0) is 45.7 Å². The SMILES string of the molecule is CCOCCCCNC(=NC)NCC1CCCN1CC.I. The molecule has 0 aliphatic carbocycles. The molecule has 21 heavy (non-hydrogen) atoms. The van der Waals surface area contributed by atoms with Crippen molar-refractivity contribution in [1.82, 2.24) is 15.5 Å². The number of halogens is 1. The van der Waals surface area contributed by atoms with Gasteiger partial charge in [-0.15, -0.1) is 24.0 Å². The maximum Gasteiger partial charge on any atom is 0.191 e. The van der Waals surface area contributed by atoms with E-state index < -0.39 is 0 Å².